The molecule has 1 amide bonds. The van der Waals surface area contributed by atoms with Crippen LogP contribution in [0.15, 0.2) is 40.9 Å². The van der Waals surface area contributed by atoms with Crippen LogP contribution in [0, 0.1) is 5.82 Å². The average Bonchev–Trinajstić information content (AvgIpc) is 2.55. The van der Waals surface area contributed by atoms with E-state index in [0.717, 1.165) is 24.9 Å². The lowest BCUT2D eigenvalue weighted by atomic mass is 9.99. The van der Waals surface area contributed by atoms with Crippen molar-refractivity contribution in [2.24, 2.45) is 0 Å². The quantitative estimate of drug-likeness (QED) is 0.880. The molecule has 0 unspecified atom stereocenters. The van der Waals surface area contributed by atoms with Gasteiger partial charge in [0.25, 0.3) is 5.91 Å². The zero-order valence-electron chi connectivity index (χ0n) is 12.9. The minimum atomic E-state index is -0.516. The van der Waals surface area contributed by atoms with Gasteiger partial charge >= 0.3 is 0 Å². The fourth-order valence-corrected chi connectivity index (χ4v) is 3.26. The molecule has 0 fully saturated rings. The minimum Gasteiger partial charge on any atom is -0.374 e. The van der Waals surface area contributed by atoms with Gasteiger partial charge in [-0.1, -0.05) is 28.1 Å². The standard InChI is InChI=1S/C18H18BrFN2O/c1-22-8-2-3-13-9-12(4-7-17(13)22)11-21-18(23)15-10-14(19)5-6-16(15)20/h4-7,9-10H,2-3,8,11H2,1H3,(H,21,23). The second-order valence-corrected chi connectivity index (χ2v) is 6.71. The van der Waals surface area contributed by atoms with Crippen molar-refractivity contribution >= 4 is 27.5 Å². The Morgan fingerprint density at radius 2 is 2.13 bits per heavy atom. The summed E-state index contributed by atoms with van der Waals surface area (Å²) in [6.07, 6.45) is 2.20. The summed E-state index contributed by atoms with van der Waals surface area (Å²) < 4.78 is 14.4. The lowest BCUT2D eigenvalue weighted by molar-refractivity contribution is 0.0947. The molecule has 5 heteroatoms. The van der Waals surface area contributed by atoms with Crippen molar-refractivity contribution in [2.75, 3.05) is 18.5 Å². The van der Waals surface area contributed by atoms with Crippen LogP contribution in [-0.4, -0.2) is 19.5 Å². The van der Waals surface area contributed by atoms with Gasteiger partial charge in [0.05, 0.1) is 5.56 Å². The number of halogens is 2. The third kappa shape index (κ3) is 3.55. The first-order valence-corrected chi connectivity index (χ1v) is 8.40. The summed E-state index contributed by atoms with van der Waals surface area (Å²) >= 11 is 3.26. The van der Waals surface area contributed by atoms with Gasteiger partial charge in [0.2, 0.25) is 0 Å². The Kier molecular flexibility index (Phi) is 4.66. The summed E-state index contributed by atoms with van der Waals surface area (Å²) in [5.41, 5.74) is 3.64. The van der Waals surface area contributed by atoms with E-state index >= 15 is 0 Å². The van der Waals surface area contributed by atoms with Crippen molar-refractivity contribution in [1.29, 1.82) is 0 Å². The molecular weight excluding hydrogens is 359 g/mol. The van der Waals surface area contributed by atoms with Crippen molar-refractivity contribution in [2.45, 2.75) is 19.4 Å². The van der Waals surface area contributed by atoms with Crippen LogP contribution in [0.5, 0.6) is 0 Å². The number of nitrogens with one attached hydrogen (secondary N) is 1. The fraction of sp³-hybridized carbons (Fsp3) is 0.278. The molecule has 2 aromatic rings. The molecule has 1 aliphatic rings. The molecule has 120 valence electrons. The summed E-state index contributed by atoms with van der Waals surface area (Å²) in [5.74, 6) is -0.920. The highest BCUT2D eigenvalue weighted by molar-refractivity contribution is 9.10. The Morgan fingerprint density at radius 1 is 1.30 bits per heavy atom. The first-order valence-electron chi connectivity index (χ1n) is 7.61. The number of carbonyl (C=O) groups excluding carboxylic acids is 1. The van der Waals surface area contributed by atoms with E-state index in [1.54, 1.807) is 6.07 Å². The van der Waals surface area contributed by atoms with Gasteiger partial charge in [0.15, 0.2) is 0 Å². The van der Waals surface area contributed by atoms with E-state index in [4.69, 9.17) is 0 Å². The van der Waals surface area contributed by atoms with Crippen LogP contribution in [0.4, 0.5) is 10.1 Å². The second kappa shape index (κ2) is 6.71. The number of nitrogens with zero attached hydrogens (tertiary/aromatic N) is 1. The van der Waals surface area contributed by atoms with Crippen molar-refractivity contribution in [1.82, 2.24) is 5.32 Å². The van der Waals surface area contributed by atoms with Crippen LogP contribution >= 0.6 is 15.9 Å². The number of benzene rings is 2. The number of hydrogen-bond acceptors (Lipinski definition) is 2. The van der Waals surface area contributed by atoms with Crippen LogP contribution < -0.4 is 10.2 Å². The van der Waals surface area contributed by atoms with E-state index in [2.05, 4.69) is 45.3 Å². The van der Waals surface area contributed by atoms with Crippen LogP contribution in [-0.2, 0) is 13.0 Å². The smallest absolute Gasteiger partial charge is 0.254 e. The third-order valence-electron chi connectivity index (χ3n) is 4.12. The zero-order chi connectivity index (χ0) is 16.4. The van der Waals surface area contributed by atoms with Gasteiger partial charge in [0.1, 0.15) is 5.82 Å². The van der Waals surface area contributed by atoms with E-state index in [0.29, 0.717) is 11.0 Å². The fourth-order valence-electron chi connectivity index (χ4n) is 2.90. The molecule has 0 aromatic heterocycles. The van der Waals surface area contributed by atoms with Gasteiger partial charge in [-0.2, -0.15) is 0 Å². The van der Waals surface area contributed by atoms with Gasteiger partial charge in [-0.3, -0.25) is 4.79 Å². The molecule has 0 saturated heterocycles. The maximum absolute atomic E-state index is 13.7. The molecule has 3 nitrogen and oxygen atoms in total. The number of amides is 1. The van der Waals surface area contributed by atoms with Crippen LogP contribution in [0.25, 0.3) is 0 Å². The lowest BCUT2D eigenvalue weighted by Gasteiger charge is -2.27. The molecule has 2 aromatic carbocycles. The van der Waals surface area contributed by atoms with E-state index in [9.17, 15) is 9.18 Å². The average molecular weight is 377 g/mol. The molecule has 3 rings (SSSR count). The van der Waals surface area contributed by atoms with Gasteiger partial charge in [-0.25, -0.2) is 4.39 Å². The van der Waals surface area contributed by atoms with E-state index < -0.39 is 11.7 Å². The maximum Gasteiger partial charge on any atom is 0.254 e. The largest absolute Gasteiger partial charge is 0.374 e. The van der Waals surface area contributed by atoms with Gasteiger partial charge < -0.3 is 10.2 Å². The van der Waals surface area contributed by atoms with Gasteiger partial charge in [-0.15, -0.1) is 0 Å². The predicted molar refractivity (Wildman–Crippen MR) is 93.3 cm³/mol. The zero-order valence-corrected chi connectivity index (χ0v) is 14.5. The normalized spacial score (nSPS) is 13.6. The minimum absolute atomic E-state index is 0.0528. The van der Waals surface area contributed by atoms with Crippen LogP contribution in [0.2, 0.25) is 0 Å². The highest BCUT2D eigenvalue weighted by Crippen LogP contribution is 2.26. The molecule has 1 aliphatic heterocycles. The van der Waals surface area contributed by atoms with Gasteiger partial charge in [0, 0.05) is 30.3 Å². The summed E-state index contributed by atoms with van der Waals surface area (Å²) in [7, 11) is 2.09. The molecule has 1 N–H and O–H groups in total. The van der Waals surface area contributed by atoms with Gasteiger partial charge in [-0.05, 0) is 48.2 Å². The Bertz CT molecular complexity index is 748. The Balaban J connectivity index is 1.71. The summed E-state index contributed by atoms with van der Waals surface area (Å²) in [5, 5.41) is 2.79. The molecule has 0 aliphatic carbocycles. The van der Waals surface area contributed by atoms with Crippen LogP contribution in [0.3, 0.4) is 0 Å². The number of anilines is 1. The predicted octanol–water partition coefficient (Wildman–Crippen LogP) is 3.90. The Labute approximate surface area is 143 Å². The lowest BCUT2D eigenvalue weighted by Crippen LogP contribution is -2.26. The molecule has 0 spiro atoms. The highest BCUT2D eigenvalue weighted by atomic mass is 79.9. The molecule has 0 atom stereocenters. The molecular formula is C18H18BrFN2O. The number of hydrogen-bond donors (Lipinski definition) is 1. The first kappa shape index (κ1) is 16.0. The molecule has 1 heterocycles. The number of rotatable bonds is 3. The molecule has 0 bridgehead atoms. The Hall–Kier alpha value is -1.88. The number of carbonyl (C=O) groups is 1. The Morgan fingerprint density at radius 3 is 2.96 bits per heavy atom. The summed E-state index contributed by atoms with van der Waals surface area (Å²) in [6.45, 7) is 1.47. The highest BCUT2D eigenvalue weighted by Gasteiger charge is 2.15. The first-order chi connectivity index (χ1) is 11.0. The van der Waals surface area contributed by atoms with Crippen molar-refractivity contribution in [3.63, 3.8) is 0 Å². The monoisotopic (exact) mass is 376 g/mol. The van der Waals surface area contributed by atoms with E-state index in [-0.39, 0.29) is 5.56 Å². The second-order valence-electron chi connectivity index (χ2n) is 5.80. The van der Waals surface area contributed by atoms with Crippen molar-refractivity contribution in [3.05, 3.63) is 63.4 Å². The van der Waals surface area contributed by atoms with Crippen molar-refractivity contribution in [3.8, 4) is 0 Å². The summed E-state index contributed by atoms with van der Waals surface area (Å²) in [4.78, 5) is 14.4. The molecule has 0 radical (unpaired) electrons. The SMILES string of the molecule is CN1CCCc2cc(CNC(=O)c3cc(Br)ccc3F)ccc21. The summed E-state index contributed by atoms with van der Waals surface area (Å²) in [6, 6.07) is 10.6. The molecule has 23 heavy (non-hydrogen) atoms. The number of fused-ring (bicyclic) bond motifs is 1. The van der Waals surface area contributed by atoms with Crippen molar-refractivity contribution < 1.29 is 9.18 Å². The van der Waals surface area contributed by atoms with E-state index in [1.807, 2.05) is 6.07 Å². The van der Waals surface area contributed by atoms with Crippen LogP contribution in [0.1, 0.15) is 27.9 Å². The number of aryl methyl sites for hydroxylation is 1. The van der Waals surface area contributed by atoms with E-state index in [1.165, 1.54) is 23.4 Å². The maximum atomic E-state index is 13.7. The third-order valence-corrected chi connectivity index (χ3v) is 4.61. The topological polar surface area (TPSA) is 32.3 Å². The molecule has 0 saturated carbocycles.